The third-order valence-electron chi connectivity index (χ3n) is 9.57. The first-order valence-electron chi connectivity index (χ1n) is 14.7. The number of ether oxygens (including phenoxy) is 4. The van der Waals surface area contributed by atoms with Gasteiger partial charge in [-0.05, 0) is 24.5 Å². The number of piperidine rings is 1. The summed E-state index contributed by atoms with van der Waals surface area (Å²) in [7, 11) is 0. The molecule has 7 heteroatoms. The molecule has 0 saturated carbocycles. The van der Waals surface area contributed by atoms with E-state index in [4.69, 9.17) is 18.9 Å². The van der Waals surface area contributed by atoms with Crippen molar-refractivity contribution >= 4 is 11.9 Å². The number of rotatable bonds is 8. The second-order valence-electron chi connectivity index (χ2n) is 11.7. The van der Waals surface area contributed by atoms with Crippen LogP contribution >= 0.6 is 0 Å². The number of carbonyl (C=O) groups excluding carboxylic acids is 2. The third-order valence-corrected chi connectivity index (χ3v) is 9.57. The highest BCUT2D eigenvalue weighted by molar-refractivity contribution is 5.86. The minimum atomic E-state index is -1.58. The fourth-order valence-electron chi connectivity index (χ4n) is 7.73. The fraction of sp³-hybridized carbons (Fsp3) is 0.562. The minimum absolute atomic E-state index is 0.150. The Hall–Kier alpha value is -2.74. The van der Waals surface area contributed by atoms with Gasteiger partial charge in [0.1, 0.15) is 6.10 Å². The predicted octanol–water partition coefficient (Wildman–Crippen LogP) is 4.72. The summed E-state index contributed by atoms with van der Waals surface area (Å²) in [6, 6.07) is 20.0. The van der Waals surface area contributed by atoms with E-state index in [9.17, 15) is 9.59 Å². The van der Waals surface area contributed by atoms with Gasteiger partial charge in [-0.1, -0.05) is 60.7 Å². The van der Waals surface area contributed by atoms with Gasteiger partial charge in [0.25, 0.3) is 0 Å². The zero-order chi connectivity index (χ0) is 26.9. The average molecular weight is 535 g/mol. The summed E-state index contributed by atoms with van der Waals surface area (Å²) in [5.41, 5.74) is -0.282. The third kappa shape index (κ3) is 4.90. The highest BCUT2D eigenvalue weighted by atomic mass is 16.7. The van der Waals surface area contributed by atoms with Crippen LogP contribution in [0.4, 0.5) is 0 Å². The fourth-order valence-corrected chi connectivity index (χ4v) is 7.73. The molecule has 7 nitrogen and oxygen atoms in total. The standard InChI is InChI=1S/C32H40NO6/c1-23(37-30(34)24-16-19-36-22-24)39-32(25-10-4-2-5-11-25,26-12-6-3-7-13-26)31(35)38-29-20-27-14-15-28(21-29)33(27)17-8-9-18-33/h2-7,10-13,23-24,27-29H,8-9,14-22H2,1H3/q+1/t23-,24?,27?,28?,29?/m0/s1. The molecule has 4 heterocycles. The minimum Gasteiger partial charge on any atom is -0.459 e. The Bertz CT molecular complexity index is 1090. The second-order valence-corrected chi connectivity index (χ2v) is 11.7. The maximum Gasteiger partial charge on any atom is 0.348 e. The number of quaternary nitrogens is 1. The molecule has 2 bridgehead atoms. The summed E-state index contributed by atoms with van der Waals surface area (Å²) in [5.74, 6) is -1.14. The molecule has 4 aliphatic rings. The molecule has 0 amide bonds. The highest BCUT2D eigenvalue weighted by Crippen LogP contribution is 2.47. The molecule has 0 aromatic heterocycles. The van der Waals surface area contributed by atoms with E-state index < -0.39 is 17.9 Å². The van der Waals surface area contributed by atoms with Gasteiger partial charge in [0.15, 0.2) is 0 Å². The van der Waals surface area contributed by atoms with Gasteiger partial charge in [-0.25, -0.2) is 4.79 Å². The van der Waals surface area contributed by atoms with Gasteiger partial charge in [-0.2, -0.15) is 0 Å². The Balaban J connectivity index is 1.29. The quantitative estimate of drug-likeness (QED) is 0.277. The number of nitrogens with zero attached hydrogens (tertiary/aromatic N) is 1. The molecule has 4 atom stereocenters. The van der Waals surface area contributed by atoms with Crippen LogP contribution in [-0.4, -0.2) is 67.2 Å². The Morgan fingerprint density at radius 2 is 1.49 bits per heavy atom. The summed E-state index contributed by atoms with van der Waals surface area (Å²) >= 11 is 0. The monoisotopic (exact) mass is 534 g/mol. The Kier molecular flexibility index (Phi) is 7.49. The van der Waals surface area contributed by atoms with Crippen molar-refractivity contribution in [3.8, 4) is 0 Å². The molecule has 6 rings (SSSR count). The molecule has 0 aliphatic carbocycles. The molecule has 0 N–H and O–H groups in total. The highest BCUT2D eigenvalue weighted by Gasteiger charge is 2.57. The van der Waals surface area contributed by atoms with Gasteiger partial charge in [-0.15, -0.1) is 0 Å². The summed E-state index contributed by atoms with van der Waals surface area (Å²) in [5, 5.41) is 0. The molecule has 4 fully saturated rings. The molecule has 2 aromatic rings. The number of benzene rings is 2. The zero-order valence-corrected chi connectivity index (χ0v) is 22.8. The number of esters is 2. The summed E-state index contributed by atoms with van der Waals surface area (Å²) in [6.07, 6.45) is 6.34. The van der Waals surface area contributed by atoms with Crippen molar-refractivity contribution in [1.82, 2.24) is 0 Å². The van der Waals surface area contributed by atoms with E-state index in [0.717, 1.165) is 12.8 Å². The first-order valence-corrected chi connectivity index (χ1v) is 14.7. The Morgan fingerprint density at radius 1 is 0.897 bits per heavy atom. The molecule has 0 radical (unpaired) electrons. The average Bonchev–Trinajstić information content (AvgIpc) is 3.70. The van der Waals surface area contributed by atoms with Crippen LogP contribution in [0.25, 0.3) is 0 Å². The van der Waals surface area contributed by atoms with Gasteiger partial charge >= 0.3 is 11.9 Å². The maximum atomic E-state index is 14.4. The van der Waals surface area contributed by atoms with Crippen molar-refractivity contribution < 1.29 is 33.0 Å². The molecule has 2 aromatic carbocycles. The predicted molar refractivity (Wildman–Crippen MR) is 144 cm³/mol. The van der Waals surface area contributed by atoms with Crippen LogP contribution in [0, 0.1) is 5.92 Å². The van der Waals surface area contributed by atoms with Crippen LogP contribution in [0.1, 0.15) is 63.0 Å². The molecular weight excluding hydrogens is 494 g/mol. The first-order chi connectivity index (χ1) is 19.0. The van der Waals surface area contributed by atoms with Gasteiger partial charge in [0.05, 0.1) is 37.7 Å². The van der Waals surface area contributed by atoms with Crippen LogP contribution < -0.4 is 0 Å². The van der Waals surface area contributed by atoms with Gasteiger partial charge in [0.2, 0.25) is 11.9 Å². The van der Waals surface area contributed by atoms with Crippen molar-refractivity contribution in [3.05, 3.63) is 71.8 Å². The molecule has 4 aliphatic heterocycles. The lowest BCUT2D eigenvalue weighted by atomic mass is 9.85. The molecule has 3 unspecified atom stereocenters. The van der Waals surface area contributed by atoms with Crippen LogP contribution in [0.2, 0.25) is 0 Å². The smallest absolute Gasteiger partial charge is 0.348 e. The molecule has 1 spiro atoms. The zero-order valence-electron chi connectivity index (χ0n) is 22.8. The number of hydrogen-bond acceptors (Lipinski definition) is 6. The molecule has 4 saturated heterocycles. The van der Waals surface area contributed by atoms with E-state index in [0.29, 0.717) is 42.8 Å². The SMILES string of the molecule is C[C@@H](OC(=O)C1CCOC1)OC(C(=O)OC1CC2CCC(C1)[N+]21CCCC1)(c1ccccc1)c1ccccc1. The van der Waals surface area contributed by atoms with Gasteiger partial charge in [-0.3, -0.25) is 4.79 Å². The lowest BCUT2D eigenvalue weighted by Gasteiger charge is -2.47. The van der Waals surface area contributed by atoms with E-state index in [1.165, 1.54) is 43.3 Å². The largest absolute Gasteiger partial charge is 0.459 e. The summed E-state index contributed by atoms with van der Waals surface area (Å²) in [4.78, 5) is 27.2. The molecular formula is C32H40NO6+. The normalized spacial score (nSPS) is 28.3. The van der Waals surface area contributed by atoms with E-state index in [2.05, 4.69) is 0 Å². The van der Waals surface area contributed by atoms with Crippen LogP contribution in [0.5, 0.6) is 0 Å². The van der Waals surface area contributed by atoms with Crippen molar-refractivity contribution in [2.45, 2.75) is 81.9 Å². The van der Waals surface area contributed by atoms with E-state index >= 15 is 0 Å². The van der Waals surface area contributed by atoms with E-state index in [-0.39, 0.29) is 18.0 Å². The maximum absolute atomic E-state index is 14.4. The summed E-state index contributed by atoms with van der Waals surface area (Å²) < 4.78 is 25.3. The number of carbonyl (C=O) groups is 2. The van der Waals surface area contributed by atoms with Crippen molar-refractivity contribution in [3.63, 3.8) is 0 Å². The van der Waals surface area contributed by atoms with Crippen LogP contribution in [0.15, 0.2) is 60.7 Å². The lowest BCUT2D eigenvalue weighted by Crippen LogP contribution is -2.60. The van der Waals surface area contributed by atoms with Crippen molar-refractivity contribution in [2.75, 3.05) is 26.3 Å². The second kappa shape index (κ2) is 11.0. The summed E-state index contributed by atoms with van der Waals surface area (Å²) in [6.45, 7) is 5.10. The molecule has 208 valence electrons. The van der Waals surface area contributed by atoms with Crippen molar-refractivity contribution in [2.24, 2.45) is 5.92 Å². The Labute approximate surface area is 231 Å². The Morgan fingerprint density at radius 3 is 2.03 bits per heavy atom. The van der Waals surface area contributed by atoms with Gasteiger partial charge in [0, 0.05) is 45.1 Å². The van der Waals surface area contributed by atoms with Gasteiger partial charge < -0.3 is 23.4 Å². The van der Waals surface area contributed by atoms with E-state index in [1.807, 2.05) is 60.7 Å². The van der Waals surface area contributed by atoms with Crippen LogP contribution in [0.3, 0.4) is 0 Å². The topological polar surface area (TPSA) is 71.1 Å². The van der Waals surface area contributed by atoms with Crippen molar-refractivity contribution in [1.29, 1.82) is 0 Å². The number of hydrogen-bond donors (Lipinski definition) is 0. The van der Waals surface area contributed by atoms with Crippen LogP contribution in [-0.2, 0) is 34.1 Å². The lowest BCUT2D eigenvalue weighted by molar-refractivity contribution is -0.956. The van der Waals surface area contributed by atoms with E-state index in [1.54, 1.807) is 6.92 Å². The first kappa shape index (κ1) is 26.5. The molecule has 39 heavy (non-hydrogen) atoms.